The number of hydrogen-bond acceptors (Lipinski definition) is 3. The molecule has 2 rings (SSSR count). The van der Waals surface area contributed by atoms with Crippen molar-refractivity contribution >= 4 is 47.2 Å². The number of nitrogens with zero attached hydrogens (tertiary/aromatic N) is 2. The highest BCUT2D eigenvalue weighted by Gasteiger charge is 2.21. The van der Waals surface area contributed by atoms with Crippen molar-refractivity contribution in [1.82, 2.24) is 15.5 Å². The monoisotopic (exact) mass is 478 g/mol. The van der Waals surface area contributed by atoms with Gasteiger partial charge in [-0.1, -0.05) is 26.7 Å². The average molecular weight is 478 g/mol. The lowest BCUT2D eigenvalue weighted by Crippen LogP contribution is -2.42. The fourth-order valence-electron chi connectivity index (χ4n) is 2.95. The van der Waals surface area contributed by atoms with Crippen molar-refractivity contribution in [2.45, 2.75) is 46.1 Å². The molecule has 0 radical (unpaired) electrons. The highest BCUT2D eigenvalue weighted by molar-refractivity contribution is 14.0. The summed E-state index contributed by atoms with van der Waals surface area (Å²) < 4.78 is 0. The van der Waals surface area contributed by atoms with E-state index in [9.17, 15) is 4.79 Å². The van der Waals surface area contributed by atoms with Crippen LogP contribution in [0.1, 0.15) is 43.6 Å². The number of guanidine groups is 1. The number of amides is 1. The Morgan fingerprint density at radius 3 is 2.80 bits per heavy atom. The van der Waals surface area contributed by atoms with E-state index >= 15 is 0 Å². The summed E-state index contributed by atoms with van der Waals surface area (Å²) in [6.45, 7) is 7.57. The molecule has 0 saturated heterocycles. The molecule has 0 aromatic carbocycles. The molecule has 5 nitrogen and oxygen atoms in total. The molecule has 0 unspecified atom stereocenters. The van der Waals surface area contributed by atoms with Gasteiger partial charge in [-0.3, -0.25) is 9.79 Å². The van der Waals surface area contributed by atoms with Gasteiger partial charge >= 0.3 is 0 Å². The zero-order valence-electron chi connectivity index (χ0n) is 15.5. The van der Waals surface area contributed by atoms with E-state index in [1.807, 2.05) is 4.90 Å². The molecule has 0 atom stereocenters. The summed E-state index contributed by atoms with van der Waals surface area (Å²) in [5.41, 5.74) is 1.32. The van der Waals surface area contributed by atoms with Crippen LogP contribution in [0.25, 0.3) is 0 Å². The number of thiophene rings is 1. The Balaban J connectivity index is 0.00000312. The number of carbonyl (C=O) groups excluding carboxylic acids is 1. The van der Waals surface area contributed by atoms with Crippen molar-refractivity contribution in [3.05, 3.63) is 21.9 Å². The van der Waals surface area contributed by atoms with Gasteiger partial charge in [0.2, 0.25) is 5.91 Å². The molecule has 0 fully saturated rings. The summed E-state index contributed by atoms with van der Waals surface area (Å²) in [4.78, 5) is 20.0. The predicted molar refractivity (Wildman–Crippen MR) is 117 cm³/mol. The molecule has 1 aliphatic heterocycles. The van der Waals surface area contributed by atoms with Gasteiger partial charge in [0.25, 0.3) is 0 Å². The van der Waals surface area contributed by atoms with Crippen molar-refractivity contribution in [1.29, 1.82) is 0 Å². The Hall–Kier alpha value is -0.830. The quantitative estimate of drug-likeness (QED) is 0.360. The van der Waals surface area contributed by atoms with Gasteiger partial charge in [0.05, 0.1) is 0 Å². The van der Waals surface area contributed by atoms with Gasteiger partial charge in [-0.2, -0.15) is 0 Å². The van der Waals surface area contributed by atoms with Crippen LogP contribution in [-0.2, 0) is 17.8 Å². The molecule has 0 aliphatic carbocycles. The second kappa shape index (κ2) is 11.7. The standard InChI is InChI=1S/C18H30N4OS.HI/c1-4-14(5-2)12-21-18(19-3)20-9-6-17(23)22-10-7-16-15(13-22)8-11-24-16;/h8,11,14H,4-7,9-10,12-13H2,1-3H3,(H2,19,20,21);1H. The first-order chi connectivity index (χ1) is 11.7. The zero-order chi connectivity index (χ0) is 17.4. The lowest BCUT2D eigenvalue weighted by molar-refractivity contribution is -0.131. The Morgan fingerprint density at radius 1 is 1.36 bits per heavy atom. The molecule has 2 heterocycles. The minimum atomic E-state index is 0. The largest absolute Gasteiger partial charge is 0.356 e. The van der Waals surface area contributed by atoms with E-state index in [0.717, 1.165) is 32.0 Å². The van der Waals surface area contributed by atoms with Crippen LogP contribution in [0, 0.1) is 5.92 Å². The molecular weight excluding hydrogens is 447 g/mol. The molecule has 2 N–H and O–H groups in total. The predicted octanol–water partition coefficient (Wildman–Crippen LogP) is 3.24. The zero-order valence-corrected chi connectivity index (χ0v) is 18.7. The Morgan fingerprint density at radius 2 is 2.12 bits per heavy atom. The number of nitrogens with one attached hydrogen (secondary N) is 2. The van der Waals surface area contributed by atoms with Crippen molar-refractivity contribution in [3.8, 4) is 0 Å². The van der Waals surface area contributed by atoms with Crippen LogP contribution in [0.15, 0.2) is 16.4 Å². The Kier molecular flexibility index (Phi) is 10.4. The molecule has 1 amide bonds. The molecular formula is C18H31IN4OS. The SMILES string of the molecule is CCC(CC)CNC(=NC)NCCC(=O)N1CCc2sccc2C1.I. The van der Waals surface area contributed by atoms with Gasteiger partial charge < -0.3 is 15.5 Å². The molecule has 0 spiro atoms. The van der Waals surface area contributed by atoms with Gasteiger partial charge in [-0.15, -0.1) is 35.3 Å². The molecule has 1 aromatic heterocycles. The fraction of sp³-hybridized carbons (Fsp3) is 0.667. The molecule has 142 valence electrons. The highest BCUT2D eigenvalue weighted by atomic mass is 127. The van der Waals surface area contributed by atoms with E-state index in [0.29, 0.717) is 18.9 Å². The van der Waals surface area contributed by atoms with Gasteiger partial charge in [0, 0.05) is 44.5 Å². The molecule has 0 bridgehead atoms. The maximum Gasteiger partial charge on any atom is 0.224 e. The average Bonchev–Trinajstić information content (AvgIpc) is 3.08. The van der Waals surface area contributed by atoms with E-state index in [4.69, 9.17) is 0 Å². The number of aliphatic imine (C=N–C) groups is 1. The minimum Gasteiger partial charge on any atom is -0.356 e. The van der Waals surface area contributed by atoms with Crippen LogP contribution >= 0.6 is 35.3 Å². The van der Waals surface area contributed by atoms with Crippen LogP contribution in [0.4, 0.5) is 0 Å². The molecule has 0 saturated carbocycles. The fourth-order valence-corrected chi connectivity index (χ4v) is 3.84. The van der Waals surface area contributed by atoms with Gasteiger partial charge in [0.15, 0.2) is 5.96 Å². The Labute approximate surface area is 172 Å². The van der Waals surface area contributed by atoms with Crippen LogP contribution < -0.4 is 10.6 Å². The van der Waals surface area contributed by atoms with Crippen molar-refractivity contribution in [2.75, 3.05) is 26.7 Å². The van der Waals surface area contributed by atoms with Crippen molar-refractivity contribution < 1.29 is 4.79 Å². The van der Waals surface area contributed by atoms with Gasteiger partial charge in [-0.25, -0.2) is 0 Å². The summed E-state index contributed by atoms with van der Waals surface area (Å²) in [5, 5.41) is 8.72. The third-order valence-electron chi connectivity index (χ3n) is 4.73. The van der Waals surface area contributed by atoms with E-state index in [1.54, 1.807) is 18.4 Å². The van der Waals surface area contributed by atoms with Crippen molar-refractivity contribution in [3.63, 3.8) is 0 Å². The van der Waals surface area contributed by atoms with Crippen LogP contribution in [0.5, 0.6) is 0 Å². The lowest BCUT2D eigenvalue weighted by Gasteiger charge is -2.27. The molecule has 1 aromatic rings. The number of carbonyl (C=O) groups is 1. The first-order valence-electron chi connectivity index (χ1n) is 8.95. The smallest absolute Gasteiger partial charge is 0.224 e. The Bertz CT molecular complexity index is 557. The van der Waals surface area contributed by atoms with Crippen molar-refractivity contribution in [2.24, 2.45) is 10.9 Å². The van der Waals surface area contributed by atoms with Crippen LogP contribution in [0.3, 0.4) is 0 Å². The summed E-state index contributed by atoms with van der Waals surface area (Å²) in [6.07, 6.45) is 3.83. The summed E-state index contributed by atoms with van der Waals surface area (Å²) >= 11 is 1.80. The second-order valence-corrected chi connectivity index (χ2v) is 7.25. The molecule has 7 heteroatoms. The third-order valence-corrected chi connectivity index (χ3v) is 5.75. The van der Waals surface area contributed by atoms with E-state index in [2.05, 4.69) is 40.9 Å². The third kappa shape index (κ3) is 6.77. The topological polar surface area (TPSA) is 56.7 Å². The molecule has 1 aliphatic rings. The minimum absolute atomic E-state index is 0. The number of rotatable bonds is 7. The number of hydrogen-bond donors (Lipinski definition) is 2. The normalized spacial score (nSPS) is 14.1. The highest BCUT2D eigenvalue weighted by Crippen LogP contribution is 2.24. The molecule has 25 heavy (non-hydrogen) atoms. The van der Waals surface area contributed by atoms with E-state index in [1.165, 1.54) is 23.3 Å². The number of halogens is 1. The van der Waals surface area contributed by atoms with E-state index in [-0.39, 0.29) is 29.9 Å². The first-order valence-corrected chi connectivity index (χ1v) is 9.83. The maximum absolute atomic E-state index is 12.4. The first kappa shape index (κ1) is 22.2. The summed E-state index contributed by atoms with van der Waals surface area (Å²) in [7, 11) is 1.77. The van der Waals surface area contributed by atoms with E-state index < -0.39 is 0 Å². The summed E-state index contributed by atoms with van der Waals surface area (Å²) in [6, 6.07) is 2.14. The summed E-state index contributed by atoms with van der Waals surface area (Å²) in [5.74, 6) is 1.67. The maximum atomic E-state index is 12.4. The van der Waals surface area contributed by atoms with Crippen LogP contribution in [0.2, 0.25) is 0 Å². The van der Waals surface area contributed by atoms with Crippen LogP contribution in [-0.4, -0.2) is 43.4 Å². The lowest BCUT2D eigenvalue weighted by atomic mass is 10.0. The second-order valence-electron chi connectivity index (χ2n) is 6.25. The van der Waals surface area contributed by atoms with Gasteiger partial charge in [0.1, 0.15) is 0 Å². The number of fused-ring (bicyclic) bond motifs is 1. The van der Waals surface area contributed by atoms with Gasteiger partial charge in [-0.05, 0) is 29.3 Å².